The van der Waals surface area contributed by atoms with Crippen LogP contribution in [0, 0.1) is 11.8 Å². The second-order valence-corrected chi connectivity index (χ2v) is 6.85. The number of hydrogen-bond acceptors (Lipinski definition) is 3. The van der Waals surface area contributed by atoms with Gasteiger partial charge in [0.05, 0.1) is 24.9 Å². The molecule has 5 unspecified atom stereocenters. The Morgan fingerprint density at radius 2 is 1.95 bits per heavy atom. The van der Waals surface area contributed by atoms with Gasteiger partial charge in [-0.1, -0.05) is 0 Å². The first-order chi connectivity index (χ1) is 10.3. The normalized spacial score (nSPS) is 41.9. The van der Waals surface area contributed by atoms with E-state index >= 15 is 0 Å². The molecule has 0 spiro atoms. The number of rotatable bonds is 3. The molecule has 0 aromatic carbocycles. The third kappa shape index (κ3) is 2.55. The number of ether oxygens (including phenoxy) is 2. The van der Waals surface area contributed by atoms with Gasteiger partial charge in [-0.2, -0.15) is 0 Å². The Morgan fingerprint density at radius 3 is 2.57 bits per heavy atom. The van der Waals surface area contributed by atoms with Crippen LogP contribution in [0.4, 0.5) is 0 Å². The van der Waals surface area contributed by atoms with Crippen molar-refractivity contribution in [3.8, 4) is 0 Å². The summed E-state index contributed by atoms with van der Waals surface area (Å²) in [5.41, 5.74) is 0. The van der Waals surface area contributed by atoms with Gasteiger partial charge in [0.1, 0.15) is 0 Å². The molecule has 0 radical (unpaired) electrons. The molecule has 2 bridgehead atoms. The van der Waals surface area contributed by atoms with Crippen LogP contribution < -0.4 is 5.32 Å². The van der Waals surface area contributed by atoms with Crippen LogP contribution in [0.15, 0.2) is 4.99 Å². The van der Waals surface area contributed by atoms with Crippen LogP contribution in [0.25, 0.3) is 0 Å². The van der Waals surface area contributed by atoms with Crippen LogP contribution in [0.5, 0.6) is 0 Å². The molecule has 0 aromatic heterocycles. The quantitative estimate of drug-likeness (QED) is 0.628. The fourth-order valence-electron chi connectivity index (χ4n) is 4.54. The molecule has 4 rings (SSSR count). The molecule has 0 saturated carbocycles. The van der Waals surface area contributed by atoms with Crippen molar-refractivity contribution in [3.63, 3.8) is 0 Å². The second-order valence-electron chi connectivity index (χ2n) is 6.85. The summed E-state index contributed by atoms with van der Waals surface area (Å²) in [6.45, 7) is 7.01. The molecular formula is C16H27N3O2. The van der Waals surface area contributed by atoms with Crippen LogP contribution in [-0.2, 0) is 9.47 Å². The number of guanidine groups is 1. The maximum absolute atomic E-state index is 6.06. The molecule has 1 N–H and O–H groups in total. The average Bonchev–Trinajstić information content (AvgIpc) is 3.25. The smallest absolute Gasteiger partial charge is 0.194 e. The minimum absolute atomic E-state index is 0.334. The lowest BCUT2D eigenvalue weighted by Crippen LogP contribution is -2.41. The van der Waals surface area contributed by atoms with E-state index in [2.05, 4.69) is 17.1 Å². The highest BCUT2D eigenvalue weighted by Crippen LogP contribution is 2.47. The maximum Gasteiger partial charge on any atom is 0.194 e. The van der Waals surface area contributed by atoms with E-state index in [9.17, 15) is 0 Å². The molecule has 5 atom stereocenters. The number of nitrogens with one attached hydrogen (secondary N) is 1. The third-order valence-corrected chi connectivity index (χ3v) is 5.56. The van der Waals surface area contributed by atoms with E-state index in [4.69, 9.17) is 14.5 Å². The summed E-state index contributed by atoms with van der Waals surface area (Å²) in [6, 6.07) is 0. The first-order valence-corrected chi connectivity index (χ1v) is 8.65. The maximum atomic E-state index is 6.06. The lowest BCUT2D eigenvalue weighted by molar-refractivity contribution is 0.0766. The van der Waals surface area contributed by atoms with Crippen LogP contribution in [0.1, 0.15) is 32.6 Å². The Balaban J connectivity index is 1.41. The van der Waals surface area contributed by atoms with E-state index in [0.29, 0.717) is 18.3 Å². The van der Waals surface area contributed by atoms with Gasteiger partial charge in [0, 0.05) is 38.1 Å². The highest BCUT2D eigenvalue weighted by atomic mass is 16.5. The minimum Gasteiger partial charge on any atom is -0.376 e. The summed E-state index contributed by atoms with van der Waals surface area (Å²) in [5, 5.41) is 3.47. The summed E-state index contributed by atoms with van der Waals surface area (Å²) in [5.74, 6) is 2.55. The molecule has 4 saturated heterocycles. The Hall–Kier alpha value is -0.810. The summed E-state index contributed by atoms with van der Waals surface area (Å²) in [6.07, 6.45) is 6.25. The number of likely N-dealkylation sites (tertiary alicyclic amines) is 1. The standard InChI is InChI=1S/C16H27N3O2/c1-2-17-16(18-8-11-4-3-7-20-11)19-9-12-13(10-19)15-6-5-14(12)21-15/h11-15H,2-10H2,1H3,(H,17,18). The van der Waals surface area contributed by atoms with E-state index in [-0.39, 0.29) is 0 Å². The first kappa shape index (κ1) is 13.8. The molecule has 0 aromatic rings. The van der Waals surface area contributed by atoms with Gasteiger partial charge < -0.3 is 19.7 Å². The summed E-state index contributed by atoms with van der Waals surface area (Å²) in [4.78, 5) is 7.30. The molecule has 4 aliphatic heterocycles. The minimum atomic E-state index is 0.334. The predicted molar refractivity (Wildman–Crippen MR) is 81.4 cm³/mol. The third-order valence-electron chi connectivity index (χ3n) is 5.56. The van der Waals surface area contributed by atoms with Crippen molar-refractivity contribution >= 4 is 5.96 Å². The summed E-state index contributed by atoms with van der Waals surface area (Å²) in [7, 11) is 0. The van der Waals surface area contributed by atoms with Gasteiger partial charge in [-0.25, -0.2) is 0 Å². The van der Waals surface area contributed by atoms with E-state index in [0.717, 1.165) is 57.0 Å². The molecule has 0 amide bonds. The van der Waals surface area contributed by atoms with Crippen molar-refractivity contribution < 1.29 is 9.47 Å². The largest absolute Gasteiger partial charge is 0.376 e. The Bertz CT molecular complexity index is 390. The van der Waals surface area contributed by atoms with Gasteiger partial charge >= 0.3 is 0 Å². The molecular weight excluding hydrogens is 266 g/mol. The van der Waals surface area contributed by atoms with Crippen molar-refractivity contribution in [2.24, 2.45) is 16.8 Å². The molecule has 5 heteroatoms. The zero-order chi connectivity index (χ0) is 14.2. The molecule has 4 heterocycles. The zero-order valence-electron chi connectivity index (χ0n) is 13.0. The molecule has 0 aliphatic carbocycles. The molecule has 5 nitrogen and oxygen atoms in total. The number of hydrogen-bond donors (Lipinski definition) is 1. The Labute approximate surface area is 127 Å². The first-order valence-electron chi connectivity index (χ1n) is 8.65. The van der Waals surface area contributed by atoms with Crippen molar-refractivity contribution in [3.05, 3.63) is 0 Å². The lowest BCUT2D eigenvalue weighted by atomic mass is 9.82. The van der Waals surface area contributed by atoms with Gasteiger partial charge in [0.25, 0.3) is 0 Å². The molecule has 21 heavy (non-hydrogen) atoms. The number of aliphatic imine (C=N–C) groups is 1. The second kappa shape index (κ2) is 5.76. The molecule has 4 fully saturated rings. The van der Waals surface area contributed by atoms with E-state index < -0.39 is 0 Å². The molecule has 118 valence electrons. The van der Waals surface area contributed by atoms with Crippen molar-refractivity contribution in [2.45, 2.75) is 50.9 Å². The van der Waals surface area contributed by atoms with Gasteiger partial charge in [0.15, 0.2) is 5.96 Å². The van der Waals surface area contributed by atoms with Crippen LogP contribution in [0.2, 0.25) is 0 Å². The zero-order valence-corrected chi connectivity index (χ0v) is 13.0. The van der Waals surface area contributed by atoms with Crippen LogP contribution in [-0.4, -0.2) is 62.0 Å². The van der Waals surface area contributed by atoms with Gasteiger partial charge in [-0.15, -0.1) is 0 Å². The predicted octanol–water partition coefficient (Wildman–Crippen LogP) is 1.24. The fourth-order valence-corrected chi connectivity index (χ4v) is 4.54. The highest BCUT2D eigenvalue weighted by molar-refractivity contribution is 5.80. The Morgan fingerprint density at radius 1 is 1.19 bits per heavy atom. The van der Waals surface area contributed by atoms with E-state index in [1.54, 1.807) is 0 Å². The monoisotopic (exact) mass is 293 g/mol. The van der Waals surface area contributed by atoms with Crippen molar-refractivity contribution in [1.82, 2.24) is 10.2 Å². The Kier molecular flexibility index (Phi) is 3.79. The van der Waals surface area contributed by atoms with Crippen molar-refractivity contribution in [1.29, 1.82) is 0 Å². The van der Waals surface area contributed by atoms with Crippen molar-refractivity contribution in [2.75, 3.05) is 32.8 Å². The number of nitrogens with zero attached hydrogens (tertiary/aromatic N) is 2. The lowest BCUT2D eigenvalue weighted by Gasteiger charge is -2.23. The van der Waals surface area contributed by atoms with Gasteiger partial charge in [0.2, 0.25) is 0 Å². The fraction of sp³-hybridized carbons (Fsp3) is 0.938. The average molecular weight is 293 g/mol. The van der Waals surface area contributed by atoms with Crippen LogP contribution >= 0.6 is 0 Å². The van der Waals surface area contributed by atoms with E-state index in [1.165, 1.54) is 19.3 Å². The summed E-state index contributed by atoms with van der Waals surface area (Å²) >= 11 is 0. The van der Waals surface area contributed by atoms with Gasteiger partial charge in [-0.05, 0) is 32.6 Å². The summed E-state index contributed by atoms with van der Waals surface area (Å²) < 4.78 is 11.8. The highest BCUT2D eigenvalue weighted by Gasteiger charge is 2.53. The SMILES string of the molecule is CCNC(=NCC1CCCO1)N1CC2C3CCC(O3)C2C1. The van der Waals surface area contributed by atoms with Crippen LogP contribution in [0.3, 0.4) is 0 Å². The topological polar surface area (TPSA) is 46.1 Å². The van der Waals surface area contributed by atoms with Gasteiger partial charge in [-0.3, -0.25) is 4.99 Å². The van der Waals surface area contributed by atoms with E-state index in [1.807, 2.05) is 0 Å². The molecule has 4 aliphatic rings. The number of fused-ring (bicyclic) bond motifs is 5.